The van der Waals surface area contributed by atoms with E-state index in [2.05, 4.69) is 4.98 Å². The first-order chi connectivity index (χ1) is 7.68. The number of nitrogens with two attached hydrogens (primary N) is 1. The predicted octanol–water partition coefficient (Wildman–Crippen LogP) is 3.44. The predicted molar refractivity (Wildman–Crippen MR) is 66.7 cm³/mol. The fourth-order valence-corrected chi connectivity index (χ4v) is 1.82. The molecule has 1 unspecified atom stereocenters. The van der Waals surface area contributed by atoms with Gasteiger partial charge >= 0.3 is 0 Å². The van der Waals surface area contributed by atoms with E-state index in [1.54, 1.807) is 18.3 Å². The summed E-state index contributed by atoms with van der Waals surface area (Å²) in [4.78, 5) is 4.18. The molecular formula is C12H10Cl2N2. The SMILES string of the molecule is NC(c1ccc(Cl)cn1)c1ccccc1Cl. The van der Waals surface area contributed by atoms with E-state index in [4.69, 9.17) is 28.9 Å². The van der Waals surface area contributed by atoms with E-state index in [0.717, 1.165) is 11.3 Å². The smallest absolute Gasteiger partial charge is 0.0740 e. The van der Waals surface area contributed by atoms with Crippen LogP contribution >= 0.6 is 23.2 Å². The van der Waals surface area contributed by atoms with Crippen molar-refractivity contribution in [3.05, 3.63) is 63.9 Å². The van der Waals surface area contributed by atoms with Crippen LogP contribution < -0.4 is 5.73 Å². The van der Waals surface area contributed by atoms with Gasteiger partial charge in [-0.25, -0.2) is 0 Å². The molecule has 1 heterocycles. The number of halogens is 2. The molecule has 82 valence electrons. The second kappa shape index (κ2) is 4.83. The minimum atomic E-state index is -0.328. The number of pyridine rings is 1. The third kappa shape index (κ3) is 2.35. The lowest BCUT2D eigenvalue weighted by atomic mass is 10.0. The standard InChI is InChI=1S/C12H10Cl2N2/c13-8-5-6-11(16-7-8)12(15)9-3-1-2-4-10(9)14/h1-7,12H,15H2. The first-order valence-corrected chi connectivity index (χ1v) is 5.55. The Kier molecular flexibility index (Phi) is 3.44. The van der Waals surface area contributed by atoms with Gasteiger partial charge in [0, 0.05) is 11.2 Å². The van der Waals surface area contributed by atoms with Crippen LogP contribution in [0.5, 0.6) is 0 Å². The molecule has 2 rings (SSSR count). The Morgan fingerprint density at radius 3 is 2.44 bits per heavy atom. The van der Waals surface area contributed by atoms with Crippen LogP contribution in [0.2, 0.25) is 10.0 Å². The molecule has 0 aliphatic heterocycles. The zero-order chi connectivity index (χ0) is 11.5. The summed E-state index contributed by atoms with van der Waals surface area (Å²) in [5.74, 6) is 0. The fraction of sp³-hybridized carbons (Fsp3) is 0.0833. The molecule has 1 aromatic heterocycles. The molecular weight excluding hydrogens is 243 g/mol. The monoisotopic (exact) mass is 252 g/mol. The summed E-state index contributed by atoms with van der Waals surface area (Å²) in [6.07, 6.45) is 1.58. The van der Waals surface area contributed by atoms with Crippen LogP contribution in [-0.4, -0.2) is 4.98 Å². The summed E-state index contributed by atoms with van der Waals surface area (Å²) in [6, 6.07) is 10.7. The van der Waals surface area contributed by atoms with Gasteiger partial charge in [0.25, 0.3) is 0 Å². The van der Waals surface area contributed by atoms with Crippen molar-refractivity contribution < 1.29 is 0 Å². The van der Waals surface area contributed by atoms with Gasteiger partial charge in [0.1, 0.15) is 0 Å². The molecule has 1 aromatic carbocycles. The van der Waals surface area contributed by atoms with Gasteiger partial charge in [-0.3, -0.25) is 4.98 Å². The Balaban J connectivity index is 2.35. The first kappa shape index (κ1) is 11.4. The highest BCUT2D eigenvalue weighted by Crippen LogP contribution is 2.25. The normalized spacial score (nSPS) is 12.4. The van der Waals surface area contributed by atoms with E-state index in [0.29, 0.717) is 10.0 Å². The maximum absolute atomic E-state index is 6.08. The molecule has 0 saturated carbocycles. The second-order valence-corrected chi connectivity index (χ2v) is 4.24. The van der Waals surface area contributed by atoms with E-state index in [1.807, 2.05) is 24.3 Å². The second-order valence-electron chi connectivity index (χ2n) is 3.40. The molecule has 0 aliphatic rings. The Labute approximate surface area is 104 Å². The summed E-state index contributed by atoms with van der Waals surface area (Å²) < 4.78 is 0. The van der Waals surface area contributed by atoms with Crippen molar-refractivity contribution in [2.75, 3.05) is 0 Å². The molecule has 16 heavy (non-hydrogen) atoms. The molecule has 2 nitrogen and oxygen atoms in total. The largest absolute Gasteiger partial charge is 0.319 e. The van der Waals surface area contributed by atoms with Crippen molar-refractivity contribution in [3.63, 3.8) is 0 Å². The van der Waals surface area contributed by atoms with Gasteiger partial charge in [-0.05, 0) is 23.8 Å². The highest BCUT2D eigenvalue weighted by Gasteiger charge is 2.12. The Morgan fingerprint density at radius 2 is 1.81 bits per heavy atom. The highest BCUT2D eigenvalue weighted by molar-refractivity contribution is 6.31. The van der Waals surface area contributed by atoms with Crippen molar-refractivity contribution in [1.82, 2.24) is 4.98 Å². The van der Waals surface area contributed by atoms with Gasteiger partial charge in [-0.15, -0.1) is 0 Å². The summed E-state index contributed by atoms with van der Waals surface area (Å²) in [5, 5.41) is 1.24. The van der Waals surface area contributed by atoms with E-state index >= 15 is 0 Å². The van der Waals surface area contributed by atoms with Crippen molar-refractivity contribution in [1.29, 1.82) is 0 Å². The molecule has 0 saturated heterocycles. The van der Waals surface area contributed by atoms with Crippen molar-refractivity contribution >= 4 is 23.2 Å². The average Bonchev–Trinajstić information content (AvgIpc) is 2.30. The molecule has 0 aliphatic carbocycles. The van der Waals surface area contributed by atoms with Gasteiger partial charge in [-0.2, -0.15) is 0 Å². The topological polar surface area (TPSA) is 38.9 Å². The molecule has 2 N–H and O–H groups in total. The van der Waals surface area contributed by atoms with Crippen LogP contribution in [0, 0.1) is 0 Å². The molecule has 1 atom stereocenters. The number of nitrogens with zero attached hydrogens (tertiary/aromatic N) is 1. The Bertz CT molecular complexity index is 483. The quantitative estimate of drug-likeness (QED) is 0.890. The van der Waals surface area contributed by atoms with Gasteiger partial charge < -0.3 is 5.73 Å². The Morgan fingerprint density at radius 1 is 1.06 bits per heavy atom. The summed E-state index contributed by atoms with van der Waals surface area (Å²) in [5.41, 5.74) is 7.69. The van der Waals surface area contributed by atoms with Gasteiger partial charge in [-0.1, -0.05) is 41.4 Å². The molecule has 0 radical (unpaired) electrons. The van der Waals surface area contributed by atoms with Crippen LogP contribution in [0.15, 0.2) is 42.6 Å². The van der Waals surface area contributed by atoms with Gasteiger partial charge in [0.15, 0.2) is 0 Å². The van der Waals surface area contributed by atoms with Gasteiger partial charge in [0.05, 0.1) is 16.8 Å². The van der Waals surface area contributed by atoms with Crippen LogP contribution in [0.25, 0.3) is 0 Å². The van der Waals surface area contributed by atoms with Crippen molar-refractivity contribution in [3.8, 4) is 0 Å². The molecule has 4 heteroatoms. The van der Waals surface area contributed by atoms with Crippen LogP contribution in [-0.2, 0) is 0 Å². The lowest BCUT2D eigenvalue weighted by Gasteiger charge is -2.12. The number of benzene rings is 1. The minimum Gasteiger partial charge on any atom is -0.319 e. The van der Waals surface area contributed by atoms with E-state index in [9.17, 15) is 0 Å². The summed E-state index contributed by atoms with van der Waals surface area (Å²) in [6.45, 7) is 0. The van der Waals surface area contributed by atoms with Crippen LogP contribution in [0.4, 0.5) is 0 Å². The zero-order valence-corrected chi connectivity index (χ0v) is 9.91. The average molecular weight is 253 g/mol. The molecule has 2 aromatic rings. The van der Waals surface area contributed by atoms with E-state index in [-0.39, 0.29) is 6.04 Å². The molecule has 0 amide bonds. The lowest BCUT2D eigenvalue weighted by Crippen LogP contribution is -2.13. The summed E-state index contributed by atoms with van der Waals surface area (Å²) >= 11 is 11.8. The fourth-order valence-electron chi connectivity index (χ4n) is 1.46. The molecule has 0 bridgehead atoms. The summed E-state index contributed by atoms with van der Waals surface area (Å²) in [7, 11) is 0. The number of hydrogen-bond donors (Lipinski definition) is 1. The minimum absolute atomic E-state index is 0.328. The third-order valence-corrected chi connectivity index (χ3v) is 2.88. The number of hydrogen-bond acceptors (Lipinski definition) is 2. The van der Waals surface area contributed by atoms with Crippen molar-refractivity contribution in [2.45, 2.75) is 6.04 Å². The Hall–Kier alpha value is -1.09. The first-order valence-electron chi connectivity index (χ1n) is 4.80. The van der Waals surface area contributed by atoms with Crippen LogP contribution in [0.1, 0.15) is 17.3 Å². The lowest BCUT2D eigenvalue weighted by molar-refractivity contribution is 0.829. The molecule has 0 spiro atoms. The number of aromatic nitrogens is 1. The van der Waals surface area contributed by atoms with E-state index < -0.39 is 0 Å². The van der Waals surface area contributed by atoms with E-state index in [1.165, 1.54) is 0 Å². The zero-order valence-electron chi connectivity index (χ0n) is 8.40. The highest BCUT2D eigenvalue weighted by atomic mass is 35.5. The van der Waals surface area contributed by atoms with Crippen LogP contribution in [0.3, 0.4) is 0 Å². The maximum atomic E-state index is 6.08. The maximum Gasteiger partial charge on any atom is 0.0740 e. The van der Waals surface area contributed by atoms with Gasteiger partial charge in [0.2, 0.25) is 0 Å². The number of rotatable bonds is 2. The van der Waals surface area contributed by atoms with Crippen molar-refractivity contribution in [2.24, 2.45) is 5.73 Å². The third-order valence-electron chi connectivity index (χ3n) is 2.31. The molecule has 0 fully saturated rings.